The number of nitro groups is 2. The quantitative estimate of drug-likeness (QED) is 0.160. The molecule has 0 aliphatic rings. The molecular formula is C27H20N8O4. The maximum Gasteiger partial charge on any atom is 0.271 e. The van der Waals surface area contributed by atoms with Crippen LogP contribution in [-0.4, -0.2) is 24.8 Å². The number of benzene rings is 4. The largest absolute Gasteiger partial charge is 0.324 e. The first-order valence-electron chi connectivity index (χ1n) is 11.7. The van der Waals surface area contributed by atoms with E-state index in [-0.39, 0.29) is 29.2 Å². The van der Waals surface area contributed by atoms with Gasteiger partial charge < -0.3 is 10.6 Å². The highest BCUT2D eigenvalue weighted by Crippen LogP contribution is 2.33. The molecule has 1 aromatic heterocycles. The van der Waals surface area contributed by atoms with Crippen LogP contribution in [0.5, 0.6) is 0 Å². The Morgan fingerprint density at radius 3 is 1.41 bits per heavy atom. The highest BCUT2D eigenvalue weighted by atomic mass is 16.6. The molecule has 12 nitrogen and oxygen atoms in total. The van der Waals surface area contributed by atoms with Crippen LogP contribution >= 0.6 is 0 Å². The van der Waals surface area contributed by atoms with E-state index in [1.165, 1.54) is 24.3 Å². The fourth-order valence-corrected chi connectivity index (χ4v) is 3.76. The van der Waals surface area contributed by atoms with Gasteiger partial charge in [0.1, 0.15) is 0 Å². The number of nitrogens with one attached hydrogen (secondary N) is 2. The number of aromatic nitrogens is 3. The summed E-state index contributed by atoms with van der Waals surface area (Å²) in [6.07, 6.45) is 0. The van der Waals surface area contributed by atoms with Gasteiger partial charge in [0.25, 0.3) is 11.4 Å². The van der Waals surface area contributed by atoms with Crippen LogP contribution in [0.4, 0.5) is 52.0 Å². The Kier molecular flexibility index (Phi) is 6.99. The number of rotatable bonds is 9. The molecule has 5 rings (SSSR count). The van der Waals surface area contributed by atoms with Gasteiger partial charge in [-0.2, -0.15) is 15.0 Å². The second kappa shape index (κ2) is 11.0. The first-order chi connectivity index (χ1) is 19.0. The van der Waals surface area contributed by atoms with Crippen LogP contribution in [0.15, 0.2) is 109 Å². The highest BCUT2D eigenvalue weighted by Gasteiger charge is 2.19. The van der Waals surface area contributed by atoms with Crippen LogP contribution in [-0.2, 0) is 0 Å². The summed E-state index contributed by atoms with van der Waals surface area (Å²) in [5.74, 6) is 0.443. The lowest BCUT2D eigenvalue weighted by Crippen LogP contribution is -2.16. The third-order valence-corrected chi connectivity index (χ3v) is 5.48. The highest BCUT2D eigenvalue weighted by molar-refractivity contribution is 5.74. The molecule has 4 aromatic carbocycles. The van der Waals surface area contributed by atoms with Crippen molar-refractivity contribution in [2.24, 2.45) is 0 Å². The summed E-state index contributed by atoms with van der Waals surface area (Å²) in [5, 5.41) is 28.6. The zero-order valence-corrected chi connectivity index (χ0v) is 20.2. The summed E-state index contributed by atoms with van der Waals surface area (Å²) in [7, 11) is 0. The van der Waals surface area contributed by atoms with Crippen molar-refractivity contribution in [1.82, 2.24) is 15.0 Å². The minimum Gasteiger partial charge on any atom is -0.324 e. The lowest BCUT2D eigenvalue weighted by molar-refractivity contribution is -0.385. The van der Waals surface area contributed by atoms with E-state index in [0.29, 0.717) is 11.4 Å². The average molecular weight is 521 g/mol. The van der Waals surface area contributed by atoms with Crippen LogP contribution in [0.25, 0.3) is 0 Å². The molecule has 2 N–H and O–H groups in total. The van der Waals surface area contributed by atoms with Crippen molar-refractivity contribution in [3.05, 3.63) is 129 Å². The molecule has 5 aromatic rings. The monoisotopic (exact) mass is 520 g/mol. The molecule has 0 saturated heterocycles. The molecule has 0 aliphatic heterocycles. The maximum absolute atomic E-state index is 11.3. The third-order valence-electron chi connectivity index (χ3n) is 5.48. The first kappa shape index (κ1) is 24.8. The van der Waals surface area contributed by atoms with E-state index >= 15 is 0 Å². The van der Waals surface area contributed by atoms with Crippen LogP contribution < -0.4 is 15.5 Å². The SMILES string of the molecule is O=[N+]([O-])c1cccc(Nc2nc(Nc3cccc([N+](=O)[O-])c3)nc(N(c3ccccc3)c3ccccc3)n2)c1. The lowest BCUT2D eigenvalue weighted by Gasteiger charge is -2.23. The second-order valence-electron chi connectivity index (χ2n) is 8.15. The number of hydrogen-bond donors (Lipinski definition) is 2. The average Bonchev–Trinajstić information content (AvgIpc) is 2.94. The van der Waals surface area contributed by atoms with Gasteiger partial charge in [0.2, 0.25) is 17.8 Å². The first-order valence-corrected chi connectivity index (χ1v) is 11.7. The van der Waals surface area contributed by atoms with Gasteiger partial charge in [-0.05, 0) is 36.4 Å². The molecule has 0 spiro atoms. The molecule has 0 saturated carbocycles. The standard InChI is InChI=1S/C27H20N8O4/c36-34(37)23-15-7-9-19(17-23)28-25-30-26(29-20-10-8-16-24(18-20)35(38)39)32-27(31-25)33(21-11-3-1-4-12-21)22-13-5-2-6-14-22/h1-18H,(H2,28,29,30,31,32). The van der Waals surface area contributed by atoms with Crippen molar-refractivity contribution >= 4 is 52.0 Å². The summed E-state index contributed by atoms with van der Waals surface area (Å²) in [5.41, 5.74) is 2.15. The predicted octanol–water partition coefficient (Wildman–Crippen LogP) is 6.65. The van der Waals surface area contributed by atoms with E-state index in [2.05, 4.69) is 25.6 Å². The van der Waals surface area contributed by atoms with Gasteiger partial charge >= 0.3 is 0 Å². The molecule has 0 unspecified atom stereocenters. The van der Waals surface area contributed by atoms with Crippen molar-refractivity contribution < 1.29 is 9.85 Å². The predicted molar refractivity (Wildman–Crippen MR) is 147 cm³/mol. The van der Waals surface area contributed by atoms with Crippen LogP contribution in [0, 0.1) is 20.2 Å². The normalized spacial score (nSPS) is 10.5. The van der Waals surface area contributed by atoms with Gasteiger partial charge in [0.05, 0.1) is 9.85 Å². The molecular weight excluding hydrogens is 500 g/mol. The molecule has 0 bridgehead atoms. The van der Waals surface area contributed by atoms with E-state index in [1.54, 1.807) is 24.3 Å². The Balaban J connectivity index is 1.62. The Bertz CT molecular complexity index is 1520. The summed E-state index contributed by atoms with van der Waals surface area (Å²) < 4.78 is 0. The molecule has 192 valence electrons. The molecule has 0 radical (unpaired) electrons. The van der Waals surface area contributed by atoms with Gasteiger partial charge in [-0.25, -0.2) is 0 Å². The number of para-hydroxylation sites is 2. The van der Waals surface area contributed by atoms with E-state index in [0.717, 1.165) is 11.4 Å². The summed E-state index contributed by atoms with van der Waals surface area (Å²) in [4.78, 5) is 37.0. The van der Waals surface area contributed by atoms with Crippen LogP contribution in [0.3, 0.4) is 0 Å². The van der Waals surface area contributed by atoms with Crippen molar-refractivity contribution in [3.8, 4) is 0 Å². The van der Waals surface area contributed by atoms with Crippen LogP contribution in [0.2, 0.25) is 0 Å². The molecule has 0 amide bonds. The molecule has 0 aliphatic carbocycles. The molecule has 1 heterocycles. The van der Waals surface area contributed by atoms with Crippen LogP contribution in [0.1, 0.15) is 0 Å². The number of anilines is 7. The number of non-ortho nitro benzene ring substituents is 2. The van der Waals surface area contributed by atoms with E-state index in [1.807, 2.05) is 65.6 Å². The molecule has 0 atom stereocenters. The molecule has 12 heteroatoms. The number of nitrogens with zero attached hydrogens (tertiary/aromatic N) is 6. The van der Waals surface area contributed by atoms with E-state index in [9.17, 15) is 20.2 Å². The Labute approximate surface area is 221 Å². The Hall–Kier alpha value is -5.91. The summed E-state index contributed by atoms with van der Waals surface area (Å²) in [6.45, 7) is 0. The van der Waals surface area contributed by atoms with Gasteiger partial charge in [-0.15, -0.1) is 0 Å². The van der Waals surface area contributed by atoms with E-state index in [4.69, 9.17) is 0 Å². The van der Waals surface area contributed by atoms with E-state index < -0.39 is 9.85 Å². The third kappa shape index (κ3) is 5.91. The van der Waals surface area contributed by atoms with Crippen molar-refractivity contribution in [2.45, 2.75) is 0 Å². The van der Waals surface area contributed by atoms with Gasteiger partial charge in [0, 0.05) is 47.0 Å². The lowest BCUT2D eigenvalue weighted by atomic mass is 10.2. The number of nitro benzene ring substituents is 2. The second-order valence-corrected chi connectivity index (χ2v) is 8.15. The maximum atomic E-state index is 11.3. The zero-order chi connectivity index (χ0) is 27.2. The summed E-state index contributed by atoms with van der Waals surface area (Å²) >= 11 is 0. The van der Waals surface area contributed by atoms with Gasteiger partial charge in [-0.1, -0.05) is 48.5 Å². The topological polar surface area (TPSA) is 152 Å². The fourth-order valence-electron chi connectivity index (χ4n) is 3.76. The number of hydrogen-bond acceptors (Lipinski definition) is 10. The van der Waals surface area contributed by atoms with Crippen molar-refractivity contribution in [3.63, 3.8) is 0 Å². The Morgan fingerprint density at radius 1 is 0.564 bits per heavy atom. The van der Waals surface area contributed by atoms with Crippen molar-refractivity contribution in [1.29, 1.82) is 0 Å². The molecule has 0 fully saturated rings. The van der Waals surface area contributed by atoms with Gasteiger partial charge in [0.15, 0.2) is 0 Å². The fraction of sp³-hybridized carbons (Fsp3) is 0. The minimum absolute atomic E-state index is 0.0978. The minimum atomic E-state index is -0.494. The van der Waals surface area contributed by atoms with Crippen molar-refractivity contribution in [2.75, 3.05) is 15.5 Å². The molecule has 39 heavy (non-hydrogen) atoms. The Morgan fingerprint density at radius 2 is 1.00 bits per heavy atom. The summed E-state index contributed by atoms with van der Waals surface area (Å²) in [6, 6.07) is 30.8. The van der Waals surface area contributed by atoms with Gasteiger partial charge in [-0.3, -0.25) is 25.1 Å². The zero-order valence-electron chi connectivity index (χ0n) is 20.2. The smallest absolute Gasteiger partial charge is 0.271 e.